The molecule has 1 aliphatic rings. The Balaban J connectivity index is 1.78. The Kier molecular flexibility index (Phi) is 3.94. The summed E-state index contributed by atoms with van der Waals surface area (Å²) in [5.74, 6) is -4.64. The third-order valence-electron chi connectivity index (χ3n) is 3.34. The van der Waals surface area contributed by atoms with Gasteiger partial charge in [-0.15, -0.1) is 0 Å². The maximum Gasteiger partial charge on any atom is 0.258 e. The van der Waals surface area contributed by atoms with Gasteiger partial charge in [0.25, 0.3) is 5.92 Å². The molecule has 0 heterocycles. The molecule has 3 nitrogen and oxygen atoms in total. The van der Waals surface area contributed by atoms with Gasteiger partial charge in [-0.3, -0.25) is 0 Å². The maximum atomic E-state index is 13.4. The number of aliphatic hydroxyl groups excluding tert-OH is 1. The van der Waals surface area contributed by atoms with E-state index in [0.717, 1.165) is 5.56 Å². The van der Waals surface area contributed by atoms with Gasteiger partial charge in [0.05, 0.1) is 31.7 Å². The fraction of sp³-hybridized carbons (Fsp3) is 0.538. The first-order valence-corrected chi connectivity index (χ1v) is 5.93. The second-order valence-corrected chi connectivity index (χ2v) is 4.65. The summed E-state index contributed by atoms with van der Waals surface area (Å²) in [6.07, 6.45) is 0. The second kappa shape index (κ2) is 5.30. The number of halogens is 2. The van der Waals surface area contributed by atoms with E-state index in [1.54, 1.807) is 0 Å². The quantitative estimate of drug-likeness (QED) is 0.810. The predicted molar refractivity (Wildman–Crippen MR) is 63.1 cm³/mol. The molecule has 0 saturated heterocycles. The number of alkyl halides is 2. The number of nitrogens with two attached hydrogens (primary N) is 1. The molecule has 1 fully saturated rings. The standard InChI is InChI=1S/C13H17F2NO2/c14-13(15)10(12(13)11(16)6-17)8-18-7-9-4-2-1-3-5-9/h1-5,10-12,17H,6-8,16H2. The largest absolute Gasteiger partial charge is 0.395 e. The van der Waals surface area contributed by atoms with Gasteiger partial charge < -0.3 is 15.6 Å². The van der Waals surface area contributed by atoms with Gasteiger partial charge in [0.15, 0.2) is 0 Å². The van der Waals surface area contributed by atoms with Crippen molar-refractivity contribution in [2.24, 2.45) is 17.6 Å². The van der Waals surface area contributed by atoms with Gasteiger partial charge >= 0.3 is 0 Å². The Labute approximate surface area is 105 Å². The first-order chi connectivity index (χ1) is 8.57. The van der Waals surface area contributed by atoms with Gasteiger partial charge in [-0.1, -0.05) is 30.3 Å². The molecule has 1 aromatic rings. The van der Waals surface area contributed by atoms with Crippen LogP contribution in [0, 0.1) is 11.8 Å². The van der Waals surface area contributed by atoms with Crippen LogP contribution in [0.25, 0.3) is 0 Å². The zero-order chi connectivity index (χ0) is 13.2. The van der Waals surface area contributed by atoms with E-state index in [9.17, 15) is 8.78 Å². The summed E-state index contributed by atoms with van der Waals surface area (Å²) in [4.78, 5) is 0. The van der Waals surface area contributed by atoms with Crippen LogP contribution in [0.1, 0.15) is 5.56 Å². The molecule has 3 unspecified atom stereocenters. The molecule has 5 heteroatoms. The third-order valence-corrected chi connectivity index (χ3v) is 3.34. The lowest BCUT2D eigenvalue weighted by atomic mass is 10.2. The van der Waals surface area contributed by atoms with E-state index in [0.29, 0.717) is 6.61 Å². The molecule has 0 spiro atoms. The highest BCUT2D eigenvalue weighted by Crippen LogP contribution is 2.56. The van der Waals surface area contributed by atoms with Crippen molar-refractivity contribution < 1.29 is 18.6 Å². The van der Waals surface area contributed by atoms with Crippen molar-refractivity contribution in [2.45, 2.75) is 18.6 Å². The maximum absolute atomic E-state index is 13.4. The highest BCUT2D eigenvalue weighted by molar-refractivity contribution is 5.14. The molecular formula is C13H17F2NO2. The number of ether oxygens (including phenoxy) is 1. The normalized spacial score (nSPS) is 26.9. The highest BCUT2D eigenvalue weighted by Gasteiger charge is 2.69. The Morgan fingerprint density at radius 2 is 2.00 bits per heavy atom. The zero-order valence-electron chi connectivity index (χ0n) is 9.93. The van der Waals surface area contributed by atoms with Gasteiger partial charge in [0, 0.05) is 6.04 Å². The Morgan fingerprint density at radius 3 is 2.61 bits per heavy atom. The molecule has 0 aliphatic heterocycles. The number of rotatable bonds is 6. The van der Waals surface area contributed by atoms with Crippen LogP contribution in [0.5, 0.6) is 0 Å². The van der Waals surface area contributed by atoms with Crippen LogP contribution in [0.2, 0.25) is 0 Å². The van der Waals surface area contributed by atoms with Crippen LogP contribution in [0.15, 0.2) is 30.3 Å². The molecule has 3 atom stereocenters. The SMILES string of the molecule is NC(CO)C1C(COCc2ccccc2)C1(F)F. The zero-order valence-corrected chi connectivity index (χ0v) is 9.93. The lowest BCUT2D eigenvalue weighted by Crippen LogP contribution is -2.29. The smallest absolute Gasteiger partial charge is 0.258 e. The number of benzene rings is 1. The van der Waals surface area contributed by atoms with E-state index in [1.807, 2.05) is 30.3 Å². The monoisotopic (exact) mass is 257 g/mol. The molecule has 1 aliphatic carbocycles. The summed E-state index contributed by atoms with van der Waals surface area (Å²) >= 11 is 0. The summed E-state index contributed by atoms with van der Waals surface area (Å²) in [5, 5.41) is 8.80. The molecule has 0 bridgehead atoms. The van der Waals surface area contributed by atoms with Crippen molar-refractivity contribution in [3.05, 3.63) is 35.9 Å². The molecule has 0 aromatic heterocycles. The Morgan fingerprint density at radius 1 is 1.33 bits per heavy atom. The minimum atomic E-state index is -2.81. The minimum absolute atomic E-state index is 0.0275. The lowest BCUT2D eigenvalue weighted by molar-refractivity contribution is 0.0441. The fourth-order valence-corrected chi connectivity index (χ4v) is 2.21. The molecule has 0 amide bonds. The van der Waals surface area contributed by atoms with Crippen molar-refractivity contribution in [1.82, 2.24) is 0 Å². The molecule has 2 rings (SSSR count). The van der Waals surface area contributed by atoms with Crippen LogP contribution < -0.4 is 5.73 Å². The van der Waals surface area contributed by atoms with Gasteiger partial charge in [-0.05, 0) is 5.56 Å². The first kappa shape index (κ1) is 13.4. The molecule has 100 valence electrons. The van der Waals surface area contributed by atoms with Gasteiger partial charge in [-0.25, -0.2) is 8.78 Å². The molecule has 0 radical (unpaired) electrons. The van der Waals surface area contributed by atoms with Gasteiger partial charge in [0.2, 0.25) is 0 Å². The average molecular weight is 257 g/mol. The fourth-order valence-electron chi connectivity index (χ4n) is 2.21. The first-order valence-electron chi connectivity index (χ1n) is 5.93. The summed E-state index contributed by atoms with van der Waals surface area (Å²) in [6, 6.07) is 8.51. The van der Waals surface area contributed by atoms with E-state index in [4.69, 9.17) is 15.6 Å². The second-order valence-electron chi connectivity index (χ2n) is 4.65. The van der Waals surface area contributed by atoms with Crippen LogP contribution in [-0.2, 0) is 11.3 Å². The molecule has 3 N–H and O–H groups in total. The van der Waals surface area contributed by atoms with E-state index in [-0.39, 0.29) is 6.61 Å². The molecule has 1 aromatic carbocycles. The average Bonchev–Trinajstić information content (AvgIpc) is 2.92. The van der Waals surface area contributed by atoms with Gasteiger partial charge in [-0.2, -0.15) is 0 Å². The van der Waals surface area contributed by atoms with E-state index in [1.165, 1.54) is 0 Å². The number of hydrogen-bond donors (Lipinski definition) is 2. The third kappa shape index (κ3) is 2.68. The van der Waals surface area contributed by atoms with E-state index < -0.39 is 30.4 Å². The van der Waals surface area contributed by atoms with Crippen molar-refractivity contribution in [1.29, 1.82) is 0 Å². The highest BCUT2D eigenvalue weighted by atomic mass is 19.3. The van der Waals surface area contributed by atoms with E-state index in [2.05, 4.69) is 0 Å². The molecule has 1 saturated carbocycles. The molecule has 18 heavy (non-hydrogen) atoms. The van der Waals surface area contributed by atoms with Crippen LogP contribution in [-0.4, -0.2) is 30.3 Å². The van der Waals surface area contributed by atoms with Crippen LogP contribution >= 0.6 is 0 Å². The van der Waals surface area contributed by atoms with Crippen molar-refractivity contribution in [3.63, 3.8) is 0 Å². The van der Waals surface area contributed by atoms with Crippen molar-refractivity contribution in [3.8, 4) is 0 Å². The van der Waals surface area contributed by atoms with Crippen LogP contribution in [0.3, 0.4) is 0 Å². The van der Waals surface area contributed by atoms with Crippen LogP contribution in [0.4, 0.5) is 8.78 Å². The summed E-state index contributed by atoms with van der Waals surface area (Å²) in [7, 11) is 0. The number of hydrogen-bond acceptors (Lipinski definition) is 3. The Hall–Kier alpha value is -1.04. The summed E-state index contributed by atoms with van der Waals surface area (Å²) in [5.41, 5.74) is 6.39. The van der Waals surface area contributed by atoms with Crippen molar-refractivity contribution >= 4 is 0 Å². The molecular weight excluding hydrogens is 240 g/mol. The summed E-state index contributed by atoms with van der Waals surface area (Å²) in [6.45, 7) is -0.135. The van der Waals surface area contributed by atoms with Crippen molar-refractivity contribution in [2.75, 3.05) is 13.2 Å². The topological polar surface area (TPSA) is 55.5 Å². The van der Waals surface area contributed by atoms with E-state index >= 15 is 0 Å². The minimum Gasteiger partial charge on any atom is -0.395 e. The predicted octanol–water partition coefficient (Wildman–Crippen LogP) is 1.40. The lowest BCUT2D eigenvalue weighted by Gasteiger charge is -2.06. The Bertz CT molecular complexity index is 386. The summed E-state index contributed by atoms with van der Waals surface area (Å²) < 4.78 is 32.0. The number of aliphatic hydroxyl groups is 1. The van der Waals surface area contributed by atoms with Gasteiger partial charge in [0.1, 0.15) is 0 Å².